The van der Waals surface area contributed by atoms with Gasteiger partial charge < -0.3 is 10.3 Å². The number of halogens is 3. The van der Waals surface area contributed by atoms with Gasteiger partial charge >= 0.3 is 6.18 Å². The molecule has 0 radical (unpaired) electrons. The van der Waals surface area contributed by atoms with Gasteiger partial charge in [-0.15, -0.1) is 0 Å². The van der Waals surface area contributed by atoms with E-state index in [1.807, 2.05) is 13.8 Å². The minimum atomic E-state index is -4.18. The Morgan fingerprint density at radius 3 is 2.71 bits per heavy atom. The van der Waals surface area contributed by atoms with E-state index in [1.54, 1.807) is 6.07 Å². The minimum Gasteiger partial charge on any atom is -0.342 e. The van der Waals surface area contributed by atoms with Crippen molar-refractivity contribution in [3.8, 4) is 0 Å². The maximum Gasteiger partial charge on any atom is 0.406 e. The first kappa shape index (κ1) is 12.5. The molecule has 0 spiro atoms. The Kier molecular flexibility index (Phi) is 2.77. The zero-order valence-electron chi connectivity index (χ0n) is 10.0. The van der Waals surface area contributed by atoms with Crippen molar-refractivity contribution < 1.29 is 13.2 Å². The van der Waals surface area contributed by atoms with E-state index in [9.17, 15) is 13.2 Å². The highest BCUT2D eigenvalue weighted by Crippen LogP contribution is 2.40. The highest BCUT2D eigenvalue weighted by molar-refractivity contribution is 5.30. The molecule has 0 saturated carbocycles. The van der Waals surface area contributed by atoms with E-state index in [4.69, 9.17) is 5.73 Å². The predicted octanol–water partition coefficient (Wildman–Crippen LogP) is 3.02. The molecule has 2 rings (SSSR count). The Labute approximate surface area is 98.6 Å². The number of alkyl halides is 3. The molecule has 0 amide bonds. The van der Waals surface area contributed by atoms with Crippen molar-refractivity contribution in [3.63, 3.8) is 0 Å². The van der Waals surface area contributed by atoms with E-state index in [1.165, 1.54) is 10.8 Å². The third-order valence-corrected chi connectivity index (χ3v) is 3.28. The maximum absolute atomic E-state index is 12.4. The van der Waals surface area contributed by atoms with Crippen LogP contribution in [-0.2, 0) is 13.0 Å². The van der Waals surface area contributed by atoms with Crippen molar-refractivity contribution >= 4 is 0 Å². The van der Waals surface area contributed by atoms with Gasteiger partial charge in [-0.3, -0.25) is 0 Å². The summed E-state index contributed by atoms with van der Waals surface area (Å²) < 4.78 is 38.6. The lowest BCUT2D eigenvalue weighted by Gasteiger charge is -2.34. The average molecular weight is 246 g/mol. The summed E-state index contributed by atoms with van der Waals surface area (Å²) in [5.74, 6) is 0. The van der Waals surface area contributed by atoms with Crippen LogP contribution in [0.4, 0.5) is 13.2 Å². The Bertz CT molecular complexity index is 418. The summed E-state index contributed by atoms with van der Waals surface area (Å²) in [6, 6.07) is 1.57. The van der Waals surface area contributed by atoms with Crippen molar-refractivity contribution in [3.05, 3.63) is 23.5 Å². The first-order chi connectivity index (χ1) is 7.68. The summed E-state index contributed by atoms with van der Waals surface area (Å²) >= 11 is 0. The van der Waals surface area contributed by atoms with Crippen LogP contribution in [0.3, 0.4) is 0 Å². The minimum absolute atomic E-state index is 0.0336. The number of aromatic nitrogens is 1. The van der Waals surface area contributed by atoms with E-state index in [0.717, 1.165) is 17.7 Å². The second-order valence-corrected chi connectivity index (χ2v) is 5.61. The van der Waals surface area contributed by atoms with Crippen LogP contribution in [-0.4, -0.2) is 10.7 Å². The van der Waals surface area contributed by atoms with Crippen LogP contribution in [0.2, 0.25) is 0 Å². The second-order valence-electron chi connectivity index (χ2n) is 5.61. The molecule has 1 aromatic heterocycles. The van der Waals surface area contributed by atoms with Gasteiger partial charge in [-0.25, -0.2) is 0 Å². The first-order valence-electron chi connectivity index (χ1n) is 5.68. The predicted molar refractivity (Wildman–Crippen MR) is 59.5 cm³/mol. The van der Waals surface area contributed by atoms with Crippen LogP contribution in [0.15, 0.2) is 12.3 Å². The molecule has 0 saturated heterocycles. The molecular weight excluding hydrogens is 229 g/mol. The molecule has 0 fully saturated rings. The zero-order valence-corrected chi connectivity index (χ0v) is 10.0. The Morgan fingerprint density at radius 2 is 2.12 bits per heavy atom. The normalized spacial score (nSPS) is 23.5. The molecule has 2 N–H and O–H groups in total. The fourth-order valence-electron chi connectivity index (χ4n) is 2.64. The van der Waals surface area contributed by atoms with Gasteiger partial charge in [0.1, 0.15) is 6.54 Å². The van der Waals surface area contributed by atoms with Crippen LogP contribution >= 0.6 is 0 Å². The summed E-state index contributed by atoms with van der Waals surface area (Å²) in [6.07, 6.45) is -1.22. The topological polar surface area (TPSA) is 30.9 Å². The van der Waals surface area contributed by atoms with Crippen molar-refractivity contribution in [2.24, 2.45) is 11.1 Å². The van der Waals surface area contributed by atoms with Crippen LogP contribution < -0.4 is 5.73 Å². The lowest BCUT2D eigenvalue weighted by atomic mass is 9.74. The third kappa shape index (κ3) is 2.65. The fourth-order valence-corrected chi connectivity index (χ4v) is 2.64. The third-order valence-electron chi connectivity index (χ3n) is 3.28. The lowest BCUT2D eigenvalue weighted by Crippen LogP contribution is -2.31. The first-order valence-corrected chi connectivity index (χ1v) is 5.68. The van der Waals surface area contributed by atoms with Crippen LogP contribution in [0, 0.1) is 5.41 Å². The summed E-state index contributed by atoms with van der Waals surface area (Å²) in [4.78, 5) is 0. The maximum atomic E-state index is 12.4. The molecule has 1 heterocycles. The molecule has 1 aromatic rings. The van der Waals surface area contributed by atoms with Gasteiger partial charge in [0.05, 0.1) is 0 Å². The SMILES string of the molecule is CC1(C)Cc2c(ccn2CC(F)(F)F)C(N)C1. The van der Waals surface area contributed by atoms with Crippen molar-refractivity contribution in [1.82, 2.24) is 4.57 Å². The van der Waals surface area contributed by atoms with E-state index in [0.29, 0.717) is 6.42 Å². The quantitative estimate of drug-likeness (QED) is 0.811. The smallest absolute Gasteiger partial charge is 0.342 e. The van der Waals surface area contributed by atoms with Gasteiger partial charge in [0.2, 0.25) is 0 Å². The molecular formula is C12H17F3N2. The Morgan fingerprint density at radius 1 is 1.47 bits per heavy atom. The van der Waals surface area contributed by atoms with E-state index >= 15 is 0 Å². The van der Waals surface area contributed by atoms with Gasteiger partial charge in [0.15, 0.2) is 0 Å². The number of rotatable bonds is 1. The Balaban J connectivity index is 2.34. The van der Waals surface area contributed by atoms with Gasteiger partial charge in [0, 0.05) is 17.9 Å². The van der Waals surface area contributed by atoms with Crippen molar-refractivity contribution in [2.75, 3.05) is 0 Å². The average Bonchev–Trinajstić information content (AvgIpc) is 2.43. The molecule has 5 heteroatoms. The van der Waals surface area contributed by atoms with Gasteiger partial charge in [-0.05, 0) is 29.9 Å². The van der Waals surface area contributed by atoms with Gasteiger partial charge in [-0.2, -0.15) is 13.2 Å². The molecule has 0 bridgehead atoms. The molecule has 1 atom stereocenters. The zero-order chi connectivity index (χ0) is 12.8. The molecule has 1 unspecified atom stereocenters. The number of nitrogens with two attached hydrogens (primary N) is 1. The number of hydrogen-bond donors (Lipinski definition) is 1. The highest BCUT2D eigenvalue weighted by atomic mass is 19.4. The number of fused-ring (bicyclic) bond motifs is 1. The molecule has 17 heavy (non-hydrogen) atoms. The molecule has 2 nitrogen and oxygen atoms in total. The highest BCUT2D eigenvalue weighted by Gasteiger charge is 2.35. The van der Waals surface area contributed by atoms with E-state index < -0.39 is 12.7 Å². The van der Waals surface area contributed by atoms with E-state index in [-0.39, 0.29) is 11.5 Å². The van der Waals surface area contributed by atoms with Crippen LogP contribution in [0.25, 0.3) is 0 Å². The van der Waals surface area contributed by atoms with Crippen molar-refractivity contribution in [1.29, 1.82) is 0 Å². The van der Waals surface area contributed by atoms with Gasteiger partial charge in [-0.1, -0.05) is 13.8 Å². The van der Waals surface area contributed by atoms with E-state index in [2.05, 4.69) is 0 Å². The monoisotopic (exact) mass is 246 g/mol. The molecule has 0 aromatic carbocycles. The largest absolute Gasteiger partial charge is 0.406 e. The summed E-state index contributed by atoms with van der Waals surface area (Å²) in [7, 11) is 0. The van der Waals surface area contributed by atoms with Gasteiger partial charge in [0.25, 0.3) is 0 Å². The fraction of sp³-hybridized carbons (Fsp3) is 0.667. The summed E-state index contributed by atoms with van der Waals surface area (Å²) in [6.45, 7) is 3.16. The number of nitrogens with zero attached hydrogens (tertiary/aromatic N) is 1. The molecule has 1 aliphatic rings. The molecule has 0 aliphatic heterocycles. The van der Waals surface area contributed by atoms with Crippen molar-refractivity contribution in [2.45, 2.75) is 45.5 Å². The second kappa shape index (κ2) is 3.77. The summed E-state index contributed by atoms with van der Waals surface area (Å²) in [5.41, 5.74) is 7.58. The van der Waals surface area contributed by atoms with Crippen LogP contribution in [0.1, 0.15) is 37.6 Å². The molecule has 1 aliphatic carbocycles. The number of hydrogen-bond acceptors (Lipinski definition) is 1. The summed E-state index contributed by atoms with van der Waals surface area (Å²) in [5, 5.41) is 0. The molecule has 96 valence electrons. The van der Waals surface area contributed by atoms with Crippen LogP contribution in [0.5, 0.6) is 0 Å². The lowest BCUT2D eigenvalue weighted by molar-refractivity contribution is -0.141. The Hall–Kier alpha value is -0.970. The standard InChI is InChI=1S/C12H17F3N2/c1-11(2)5-9(16)8-3-4-17(10(8)6-11)7-12(13,14)15/h3-4,9H,5-7,16H2,1-2H3.